The Balaban J connectivity index is 2.82. The molecule has 0 heterocycles. The van der Waals surface area contributed by atoms with Crippen LogP contribution in [0.15, 0.2) is 18.2 Å². The summed E-state index contributed by atoms with van der Waals surface area (Å²) < 4.78 is 10.5. The number of ether oxygens (including phenoxy) is 2. The van der Waals surface area contributed by atoms with E-state index in [0.717, 1.165) is 12.0 Å². The quantitative estimate of drug-likeness (QED) is 0.673. The Hall–Kier alpha value is -1.13. The maximum atomic E-state index is 12.1. The predicted molar refractivity (Wildman–Crippen MR) is 90.2 cm³/mol. The fourth-order valence-electron chi connectivity index (χ4n) is 2.18. The zero-order valence-corrected chi connectivity index (χ0v) is 14.9. The highest BCUT2D eigenvalue weighted by molar-refractivity contribution is 6.53. The maximum Gasteiger partial charge on any atom is 0.256 e. The van der Waals surface area contributed by atoms with Gasteiger partial charge in [-0.05, 0) is 37.5 Å². The van der Waals surface area contributed by atoms with Crippen molar-refractivity contribution in [1.29, 1.82) is 0 Å². The van der Waals surface area contributed by atoms with Crippen LogP contribution in [0.3, 0.4) is 0 Å². The second-order valence-electron chi connectivity index (χ2n) is 5.03. The molecule has 0 saturated heterocycles. The second kappa shape index (κ2) is 9.11. The van der Waals surface area contributed by atoms with Gasteiger partial charge in [-0.3, -0.25) is 4.79 Å². The molecule has 0 N–H and O–H groups in total. The van der Waals surface area contributed by atoms with Crippen molar-refractivity contribution in [3.8, 4) is 11.5 Å². The molecule has 0 aliphatic rings. The van der Waals surface area contributed by atoms with Crippen LogP contribution in [0.4, 0.5) is 0 Å². The molecule has 0 saturated carbocycles. The number of rotatable bonds is 8. The summed E-state index contributed by atoms with van der Waals surface area (Å²) in [6, 6.07) is 5.82. The Morgan fingerprint density at radius 2 is 1.86 bits per heavy atom. The number of methoxy groups -OCH3 is 2. The highest BCUT2D eigenvalue weighted by Gasteiger charge is 2.23. The van der Waals surface area contributed by atoms with Gasteiger partial charge in [-0.2, -0.15) is 0 Å². The van der Waals surface area contributed by atoms with Crippen LogP contribution in [0.5, 0.6) is 11.5 Å². The summed E-state index contributed by atoms with van der Waals surface area (Å²) in [5, 5.41) is 0. The topological polar surface area (TPSA) is 38.8 Å². The lowest BCUT2D eigenvalue weighted by molar-refractivity contribution is -0.131. The highest BCUT2D eigenvalue weighted by Crippen LogP contribution is 2.28. The van der Waals surface area contributed by atoms with E-state index < -0.39 is 4.84 Å². The van der Waals surface area contributed by atoms with Crippen LogP contribution in [-0.4, -0.2) is 42.4 Å². The average molecular weight is 348 g/mol. The molecule has 0 spiro atoms. The van der Waals surface area contributed by atoms with Gasteiger partial charge >= 0.3 is 0 Å². The van der Waals surface area contributed by atoms with Crippen LogP contribution < -0.4 is 9.47 Å². The standard InChI is InChI=1S/C16H23Cl2NO3/c1-5-11(2)19(16(20)15(17)18)9-8-12-6-7-13(21-3)14(10-12)22-4/h6-7,10-11,15H,5,8-9H2,1-4H3. The van der Waals surface area contributed by atoms with Crippen LogP contribution >= 0.6 is 23.2 Å². The first-order chi connectivity index (χ1) is 10.4. The molecule has 22 heavy (non-hydrogen) atoms. The summed E-state index contributed by atoms with van der Waals surface area (Å²) in [7, 11) is 3.20. The first kappa shape index (κ1) is 18.9. The van der Waals surface area contributed by atoms with Crippen molar-refractivity contribution in [1.82, 2.24) is 4.90 Å². The van der Waals surface area contributed by atoms with Crippen molar-refractivity contribution in [2.75, 3.05) is 20.8 Å². The van der Waals surface area contributed by atoms with Gasteiger partial charge in [0.25, 0.3) is 5.91 Å². The lowest BCUT2D eigenvalue weighted by atomic mass is 10.1. The first-order valence-electron chi connectivity index (χ1n) is 7.24. The molecule has 0 fully saturated rings. The Morgan fingerprint density at radius 1 is 1.23 bits per heavy atom. The average Bonchev–Trinajstić information content (AvgIpc) is 2.53. The van der Waals surface area contributed by atoms with Gasteiger partial charge in [0.2, 0.25) is 0 Å². The second-order valence-corrected chi connectivity index (χ2v) is 6.13. The van der Waals surface area contributed by atoms with Gasteiger partial charge in [0.05, 0.1) is 14.2 Å². The monoisotopic (exact) mass is 347 g/mol. The fourth-order valence-corrected chi connectivity index (χ4v) is 2.43. The van der Waals surface area contributed by atoms with Gasteiger partial charge in [0.1, 0.15) is 0 Å². The van der Waals surface area contributed by atoms with Gasteiger partial charge in [-0.1, -0.05) is 36.2 Å². The SMILES string of the molecule is CCC(C)N(CCc1ccc(OC)c(OC)c1)C(=O)C(Cl)Cl. The van der Waals surface area contributed by atoms with Crippen molar-refractivity contribution in [2.24, 2.45) is 0 Å². The molecule has 1 rings (SSSR count). The predicted octanol–water partition coefficient (Wildman–Crippen LogP) is 3.68. The summed E-state index contributed by atoms with van der Waals surface area (Å²) in [6.45, 7) is 4.57. The molecule has 1 amide bonds. The molecule has 1 unspecified atom stereocenters. The van der Waals surface area contributed by atoms with Crippen LogP contribution in [0.25, 0.3) is 0 Å². The third-order valence-corrected chi connectivity index (χ3v) is 4.06. The molecular weight excluding hydrogens is 325 g/mol. The number of halogens is 2. The Kier molecular flexibility index (Phi) is 7.83. The summed E-state index contributed by atoms with van der Waals surface area (Å²) in [5.74, 6) is 1.11. The number of carbonyl (C=O) groups is 1. The van der Waals surface area contributed by atoms with E-state index in [1.54, 1.807) is 19.1 Å². The third-order valence-electron chi connectivity index (χ3n) is 3.68. The summed E-state index contributed by atoms with van der Waals surface area (Å²) in [6.07, 6.45) is 1.54. The molecule has 1 atom stereocenters. The highest BCUT2D eigenvalue weighted by atomic mass is 35.5. The van der Waals surface area contributed by atoms with E-state index in [1.165, 1.54) is 0 Å². The van der Waals surface area contributed by atoms with Gasteiger partial charge < -0.3 is 14.4 Å². The van der Waals surface area contributed by atoms with Crippen LogP contribution in [0, 0.1) is 0 Å². The maximum absolute atomic E-state index is 12.1. The minimum atomic E-state index is -1.03. The van der Waals surface area contributed by atoms with Crippen molar-refractivity contribution < 1.29 is 14.3 Å². The van der Waals surface area contributed by atoms with Crippen molar-refractivity contribution in [3.05, 3.63) is 23.8 Å². The smallest absolute Gasteiger partial charge is 0.256 e. The number of benzene rings is 1. The van der Waals surface area contributed by atoms with E-state index in [-0.39, 0.29) is 11.9 Å². The summed E-state index contributed by atoms with van der Waals surface area (Å²) >= 11 is 11.5. The van der Waals surface area contributed by atoms with E-state index in [1.807, 2.05) is 32.0 Å². The number of hydrogen-bond acceptors (Lipinski definition) is 3. The van der Waals surface area contributed by atoms with Gasteiger partial charge in [0.15, 0.2) is 16.3 Å². The molecular formula is C16H23Cl2NO3. The van der Waals surface area contributed by atoms with Crippen LogP contribution in [0.1, 0.15) is 25.8 Å². The lowest BCUT2D eigenvalue weighted by Gasteiger charge is -2.29. The summed E-state index contributed by atoms with van der Waals surface area (Å²) in [5.41, 5.74) is 1.06. The van der Waals surface area contributed by atoms with Crippen molar-refractivity contribution in [2.45, 2.75) is 37.6 Å². The zero-order chi connectivity index (χ0) is 16.7. The van der Waals surface area contributed by atoms with E-state index >= 15 is 0 Å². The first-order valence-corrected chi connectivity index (χ1v) is 8.11. The van der Waals surface area contributed by atoms with Gasteiger partial charge in [0, 0.05) is 12.6 Å². The number of nitrogens with zero attached hydrogens (tertiary/aromatic N) is 1. The van der Waals surface area contributed by atoms with Crippen LogP contribution in [-0.2, 0) is 11.2 Å². The van der Waals surface area contributed by atoms with Crippen LogP contribution in [0.2, 0.25) is 0 Å². The molecule has 0 radical (unpaired) electrons. The minimum Gasteiger partial charge on any atom is -0.493 e. The summed E-state index contributed by atoms with van der Waals surface area (Å²) in [4.78, 5) is 12.8. The lowest BCUT2D eigenvalue weighted by Crippen LogP contribution is -2.42. The zero-order valence-electron chi connectivity index (χ0n) is 13.4. The third kappa shape index (κ3) is 4.96. The van der Waals surface area contributed by atoms with E-state index in [2.05, 4.69) is 0 Å². The molecule has 124 valence electrons. The van der Waals surface area contributed by atoms with E-state index in [9.17, 15) is 4.79 Å². The Morgan fingerprint density at radius 3 is 2.36 bits per heavy atom. The van der Waals surface area contributed by atoms with Gasteiger partial charge in [-0.15, -0.1) is 0 Å². The number of carbonyl (C=O) groups excluding carboxylic acids is 1. The number of alkyl halides is 2. The van der Waals surface area contributed by atoms with Crippen molar-refractivity contribution in [3.63, 3.8) is 0 Å². The molecule has 0 aliphatic heterocycles. The number of amides is 1. The number of hydrogen-bond donors (Lipinski definition) is 0. The normalized spacial score (nSPS) is 12.1. The fraction of sp³-hybridized carbons (Fsp3) is 0.562. The van der Waals surface area contributed by atoms with Gasteiger partial charge in [-0.25, -0.2) is 0 Å². The molecule has 0 bridgehead atoms. The molecule has 4 nitrogen and oxygen atoms in total. The molecule has 1 aromatic rings. The molecule has 6 heteroatoms. The van der Waals surface area contributed by atoms with E-state index in [0.29, 0.717) is 24.5 Å². The Bertz CT molecular complexity index is 494. The molecule has 0 aromatic heterocycles. The Labute approximate surface area is 142 Å². The van der Waals surface area contributed by atoms with Crippen molar-refractivity contribution >= 4 is 29.1 Å². The van der Waals surface area contributed by atoms with E-state index in [4.69, 9.17) is 32.7 Å². The largest absolute Gasteiger partial charge is 0.493 e. The minimum absolute atomic E-state index is 0.0904. The molecule has 0 aliphatic carbocycles. The molecule has 1 aromatic carbocycles.